The number of Topliss-reactive ketones (excluding diaryl/α,β-unsaturated/α-hetero) is 3. The minimum absolute atomic E-state index is 0.000732. The predicted molar refractivity (Wildman–Crippen MR) is 118 cm³/mol. The number of aliphatic hydroxyl groups is 1. The van der Waals surface area contributed by atoms with E-state index in [0.29, 0.717) is 10.6 Å². The van der Waals surface area contributed by atoms with E-state index in [9.17, 15) is 24.6 Å². The summed E-state index contributed by atoms with van der Waals surface area (Å²) in [5.74, 6) is -2.21. The van der Waals surface area contributed by atoms with E-state index in [1.54, 1.807) is 31.2 Å². The largest absolute Gasteiger partial charge is 0.507 e. The Labute approximate surface area is 193 Å². The average Bonchev–Trinajstić information content (AvgIpc) is 3.04. The van der Waals surface area contributed by atoms with Crippen LogP contribution in [0.3, 0.4) is 0 Å². The summed E-state index contributed by atoms with van der Waals surface area (Å²) in [7, 11) is 0. The number of ether oxygens (including phenoxy) is 2. The number of hydrogen-bond donors (Lipinski definition) is 2. The second-order valence-electron chi connectivity index (χ2n) is 8.55. The maximum absolute atomic E-state index is 13.3. The zero-order valence-electron chi connectivity index (χ0n) is 18.0. The molecule has 0 spiro atoms. The highest BCUT2D eigenvalue weighted by atomic mass is 35.5. The van der Waals surface area contributed by atoms with Crippen molar-refractivity contribution in [1.29, 1.82) is 0 Å². The van der Waals surface area contributed by atoms with Crippen LogP contribution in [0.5, 0.6) is 17.2 Å². The van der Waals surface area contributed by atoms with Crippen molar-refractivity contribution >= 4 is 29.0 Å². The summed E-state index contributed by atoms with van der Waals surface area (Å²) >= 11 is 6.09. The molecule has 0 fully saturated rings. The van der Waals surface area contributed by atoms with Crippen LogP contribution in [0.2, 0.25) is 5.02 Å². The Kier molecular flexibility index (Phi) is 4.49. The van der Waals surface area contributed by atoms with E-state index in [0.717, 1.165) is 0 Å². The summed E-state index contributed by atoms with van der Waals surface area (Å²) in [6, 6.07) is 6.98. The molecule has 0 amide bonds. The monoisotopic (exact) mass is 466 g/mol. The number of carbonyl (C=O) groups excluding carboxylic acids is 3. The Morgan fingerprint density at radius 2 is 1.94 bits per heavy atom. The van der Waals surface area contributed by atoms with Gasteiger partial charge in [-0.2, -0.15) is 0 Å². The average molecular weight is 467 g/mol. The molecule has 7 nitrogen and oxygen atoms in total. The van der Waals surface area contributed by atoms with Crippen LogP contribution in [0.15, 0.2) is 47.4 Å². The van der Waals surface area contributed by atoms with Crippen LogP contribution in [0.4, 0.5) is 0 Å². The van der Waals surface area contributed by atoms with Gasteiger partial charge in [-0.1, -0.05) is 23.7 Å². The van der Waals surface area contributed by atoms with Gasteiger partial charge in [0.2, 0.25) is 0 Å². The molecule has 0 bridgehead atoms. The highest BCUT2D eigenvalue weighted by Crippen LogP contribution is 2.59. The lowest BCUT2D eigenvalue weighted by Crippen LogP contribution is -2.38. The van der Waals surface area contributed by atoms with Gasteiger partial charge >= 0.3 is 0 Å². The molecule has 3 aliphatic rings. The highest BCUT2D eigenvalue weighted by molar-refractivity contribution is 6.30. The quantitative estimate of drug-likeness (QED) is 0.623. The number of phenols is 1. The molecule has 0 radical (unpaired) electrons. The summed E-state index contributed by atoms with van der Waals surface area (Å²) in [6.07, 6.45) is 0.566. The van der Waals surface area contributed by atoms with Crippen molar-refractivity contribution in [2.75, 3.05) is 0 Å². The number of fused-ring (bicyclic) bond motifs is 5. The number of rotatable bonds is 2. The van der Waals surface area contributed by atoms with Gasteiger partial charge in [0.25, 0.3) is 0 Å². The van der Waals surface area contributed by atoms with E-state index in [2.05, 4.69) is 0 Å². The first-order chi connectivity index (χ1) is 15.6. The van der Waals surface area contributed by atoms with Crippen LogP contribution in [0.1, 0.15) is 53.4 Å². The van der Waals surface area contributed by atoms with Gasteiger partial charge in [-0.05, 0) is 38.5 Å². The van der Waals surface area contributed by atoms with Crippen molar-refractivity contribution in [3.63, 3.8) is 0 Å². The molecule has 2 N–H and O–H groups in total. The molecule has 2 aliphatic heterocycles. The van der Waals surface area contributed by atoms with E-state index in [-0.39, 0.29) is 57.5 Å². The Morgan fingerprint density at radius 1 is 1.21 bits per heavy atom. The highest BCUT2D eigenvalue weighted by Gasteiger charge is 2.56. The molecule has 2 heterocycles. The van der Waals surface area contributed by atoms with Crippen LogP contribution in [0, 0.1) is 6.92 Å². The van der Waals surface area contributed by atoms with Crippen LogP contribution in [-0.4, -0.2) is 27.6 Å². The van der Waals surface area contributed by atoms with Crippen molar-refractivity contribution in [2.24, 2.45) is 0 Å². The topological polar surface area (TPSA) is 110 Å². The maximum Gasteiger partial charge on any atom is 0.188 e. The van der Waals surface area contributed by atoms with Crippen molar-refractivity contribution < 1.29 is 34.1 Å². The minimum atomic E-state index is -1.57. The fraction of sp³-hybridized carbons (Fsp3) is 0.240. The van der Waals surface area contributed by atoms with Gasteiger partial charge < -0.3 is 19.7 Å². The summed E-state index contributed by atoms with van der Waals surface area (Å²) in [5, 5.41) is 21.9. The van der Waals surface area contributed by atoms with Gasteiger partial charge in [-0.15, -0.1) is 0 Å². The molecule has 1 aliphatic carbocycles. The molecular weight excluding hydrogens is 448 g/mol. The van der Waals surface area contributed by atoms with Gasteiger partial charge in [0.05, 0.1) is 12.0 Å². The maximum atomic E-state index is 13.3. The normalized spacial score (nSPS) is 23.3. The Bertz CT molecular complexity index is 1370. The van der Waals surface area contributed by atoms with Gasteiger partial charge in [0.15, 0.2) is 17.3 Å². The fourth-order valence-electron chi connectivity index (χ4n) is 4.77. The van der Waals surface area contributed by atoms with E-state index in [1.807, 2.05) is 0 Å². The van der Waals surface area contributed by atoms with Gasteiger partial charge in [0, 0.05) is 16.7 Å². The fourth-order valence-corrected chi connectivity index (χ4v) is 4.97. The zero-order chi connectivity index (χ0) is 23.8. The molecule has 2 aromatic rings. The number of carbonyl (C=O) groups is 3. The van der Waals surface area contributed by atoms with Crippen LogP contribution in [0.25, 0.3) is 0 Å². The first-order valence-electron chi connectivity index (χ1n) is 10.3. The van der Waals surface area contributed by atoms with Crippen LogP contribution < -0.4 is 9.47 Å². The third-order valence-electron chi connectivity index (χ3n) is 6.51. The number of allylic oxidation sites excluding steroid dienone is 3. The molecule has 5 rings (SSSR count). The number of hydrogen-bond acceptors (Lipinski definition) is 7. The molecule has 1 unspecified atom stereocenters. The minimum Gasteiger partial charge on any atom is -0.507 e. The second-order valence-corrected chi connectivity index (χ2v) is 8.99. The smallest absolute Gasteiger partial charge is 0.188 e. The molecule has 2 aromatic carbocycles. The first kappa shape index (κ1) is 21.3. The Hall–Kier alpha value is -3.58. The van der Waals surface area contributed by atoms with Crippen molar-refractivity contribution in [3.05, 3.63) is 74.7 Å². The summed E-state index contributed by atoms with van der Waals surface area (Å²) < 4.78 is 12.0. The lowest BCUT2D eigenvalue weighted by Gasteiger charge is -2.30. The molecular formula is C25H19ClO7. The summed E-state index contributed by atoms with van der Waals surface area (Å²) in [5.41, 5.74) is -0.773. The van der Waals surface area contributed by atoms with Gasteiger partial charge in [-0.25, -0.2) is 0 Å². The zero-order valence-corrected chi connectivity index (χ0v) is 18.7. The van der Waals surface area contributed by atoms with E-state index < -0.39 is 28.8 Å². The predicted octanol–water partition coefficient (Wildman–Crippen LogP) is 4.58. The third kappa shape index (κ3) is 2.78. The third-order valence-corrected chi connectivity index (χ3v) is 6.74. The van der Waals surface area contributed by atoms with E-state index in [4.69, 9.17) is 21.1 Å². The lowest BCUT2D eigenvalue weighted by atomic mass is 9.70. The summed E-state index contributed by atoms with van der Waals surface area (Å²) in [6.45, 7) is 4.25. The number of halogens is 1. The molecule has 168 valence electrons. The molecule has 0 aromatic heterocycles. The van der Waals surface area contributed by atoms with Crippen molar-refractivity contribution in [1.82, 2.24) is 0 Å². The number of aliphatic hydroxyl groups excluding tert-OH is 1. The van der Waals surface area contributed by atoms with Gasteiger partial charge in [0.1, 0.15) is 51.4 Å². The Morgan fingerprint density at radius 3 is 2.61 bits per heavy atom. The molecule has 33 heavy (non-hydrogen) atoms. The van der Waals surface area contributed by atoms with Gasteiger partial charge in [-0.3, -0.25) is 14.4 Å². The van der Waals surface area contributed by atoms with Crippen LogP contribution in [-0.2, 0) is 15.0 Å². The molecule has 2 atom stereocenters. The SMILES string of the molecule is CC(=O)C1=C(O)C=C2Oc3c4c(c(C)c(O)c3[C@]2(C)C1=O)OC(c1cccc(Cl)c1)CC4=O. The summed E-state index contributed by atoms with van der Waals surface area (Å²) in [4.78, 5) is 38.7. The molecule has 0 saturated carbocycles. The van der Waals surface area contributed by atoms with E-state index >= 15 is 0 Å². The second kappa shape index (κ2) is 6.96. The number of ketones is 3. The van der Waals surface area contributed by atoms with Crippen molar-refractivity contribution in [2.45, 2.75) is 38.7 Å². The number of aromatic hydroxyl groups is 1. The molecule has 8 heteroatoms. The Balaban J connectivity index is 1.70. The first-order valence-corrected chi connectivity index (χ1v) is 10.7. The standard InChI is InChI=1S/C25H19ClO7/c1-10-21(30)20-23(33-17-9-15(29)18(11(2)27)24(31)25(17,20)3)19-14(28)8-16(32-22(10)19)12-5-4-6-13(26)7-12/h4-7,9,16,29-30H,8H2,1-3H3/t16?,25-/m1/s1. The van der Waals surface area contributed by atoms with E-state index in [1.165, 1.54) is 19.9 Å². The van der Waals surface area contributed by atoms with Crippen LogP contribution >= 0.6 is 11.6 Å². The number of phenolic OH excluding ortho intramolecular Hbond substituents is 1. The lowest BCUT2D eigenvalue weighted by molar-refractivity contribution is -0.123. The molecule has 0 saturated heterocycles. The van der Waals surface area contributed by atoms with Crippen molar-refractivity contribution in [3.8, 4) is 17.2 Å². The number of benzene rings is 2.